The van der Waals surface area contributed by atoms with E-state index < -0.39 is 6.17 Å². The van der Waals surface area contributed by atoms with Crippen molar-refractivity contribution in [2.45, 2.75) is 182 Å². The Balaban J connectivity index is 4.60. The summed E-state index contributed by atoms with van der Waals surface area (Å²) in [7, 11) is 0. The molecule has 0 fully saturated rings. The van der Waals surface area contributed by atoms with Crippen molar-refractivity contribution in [3.05, 3.63) is 11.1 Å². The Morgan fingerprint density at radius 3 is 1.70 bits per heavy atom. The van der Waals surface area contributed by atoms with Crippen molar-refractivity contribution in [3.8, 4) is 0 Å². The quantitative estimate of drug-likeness (QED) is 0.104. The first-order chi connectivity index (χ1) is 16.1. The van der Waals surface area contributed by atoms with E-state index in [4.69, 9.17) is 0 Å². The molecule has 0 heterocycles. The predicted molar refractivity (Wildman–Crippen MR) is 149 cm³/mol. The summed E-state index contributed by atoms with van der Waals surface area (Å²) < 4.78 is 15.3. The summed E-state index contributed by atoms with van der Waals surface area (Å²) in [5.41, 5.74) is 2.63. The average Bonchev–Trinajstić information content (AvgIpc) is 2.82. The van der Waals surface area contributed by atoms with Crippen molar-refractivity contribution < 1.29 is 4.39 Å². The molecule has 2 heteroatoms. The highest BCUT2D eigenvalue weighted by molar-refractivity contribution is 5.18. The van der Waals surface area contributed by atoms with Gasteiger partial charge in [0.1, 0.15) is 6.17 Å². The second-order valence-electron chi connectivity index (χ2n) is 10.4. The fourth-order valence-corrected chi connectivity index (χ4v) is 5.05. The van der Waals surface area contributed by atoms with Gasteiger partial charge in [-0.25, -0.2) is 4.39 Å². The molecule has 2 atom stereocenters. The van der Waals surface area contributed by atoms with Crippen LogP contribution in [0.15, 0.2) is 11.1 Å². The normalized spacial score (nSPS) is 14.4. The Hall–Kier alpha value is -0.370. The van der Waals surface area contributed by atoms with Crippen LogP contribution >= 0.6 is 0 Å². The van der Waals surface area contributed by atoms with Crippen LogP contribution in [0.1, 0.15) is 169 Å². The van der Waals surface area contributed by atoms with Crippen molar-refractivity contribution >= 4 is 0 Å². The zero-order valence-corrected chi connectivity index (χ0v) is 23.6. The van der Waals surface area contributed by atoms with Crippen molar-refractivity contribution in [1.29, 1.82) is 0 Å². The molecule has 0 amide bonds. The van der Waals surface area contributed by atoms with Gasteiger partial charge in [0.25, 0.3) is 0 Å². The van der Waals surface area contributed by atoms with Crippen LogP contribution in [0.5, 0.6) is 0 Å². The predicted octanol–water partition coefficient (Wildman–Crippen LogP) is 10.9. The highest BCUT2D eigenvalue weighted by Crippen LogP contribution is 2.28. The first-order valence-electron chi connectivity index (χ1n) is 15.2. The summed E-state index contributed by atoms with van der Waals surface area (Å²) in [5, 5.41) is 3.86. The van der Waals surface area contributed by atoms with E-state index in [9.17, 15) is 0 Å². The molecule has 0 aromatic rings. The number of nitrogens with one attached hydrogen (secondary N) is 1. The van der Waals surface area contributed by atoms with Gasteiger partial charge in [-0.15, -0.1) is 0 Å². The molecule has 33 heavy (non-hydrogen) atoms. The van der Waals surface area contributed by atoms with Gasteiger partial charge in [0.2, 0.25) is 0 Å². The Morgan fingerprint density at radius 1 is 0.545 bits per heavy atom. The van der Waals surface area contributed by atoms with E-state index in [-0.39, 0.29) is 0 Å². The van der Waals surface area contributed by atoms with Gasteiger partial charge in [-0.2, -0.15) is 0 Å². The van der Waals surface area contributed by atoms with Gasteiger partial charge >= 0.3 is 0 Å². The third-order valence-electron chi connectivity index (χ3n) is 7.12. The van der Waals surface area contributed by atoms with E-state index in [1.807, 2.05) is 0 Å². The van der Waals surface area contributed by atoms with Crippen molar-refractivity contribution in [3.63, 3.8) is 0 Å². The molecule has 0 bridgehead atoms. The lowest BCUT2D eigenvalue weighted by atomic mass is 9.90. The summed E-state index contributed by atoms with van der Waals surface area (Å²) in [6.45, 7) is 12.4. The van der Waals surface area contributed by atoms with E-state index in [0.717, 1.165) is 51.5 Å². The lowest BCUT2D eigenvalue weighted by molar-refractivity contribution is 0.329. The van der Waals surface area contributed by atoms with Gasteiger partial charge < -0.3 is 5.32 Å². The SMILES string of the molecule is CCCCCCCC(CCCCC(F)/C(CCC)=C(/CCC)CCCC)NCCCCCC. The van der Waals surface area contributed by atoms with Gasteiger partial charge in [0.05, 0.1) is 0 Å². The summed E-state index contributed by atoms with van der Waals surface area (Å²) in [6, 6.07) is 0.636. The Bertz CT molecular complexity index is 417. The summed E-state index contributed by atoms with van der Waals surface area (Å²) in [4.78, 5) is 0. The van der Waals surface area contributed by atoms with Crippen LogP contribution in [0.2, 0.25) is 0 Å². The second kappa shape index (κ2) is 24.7. The number of rotatable bonds is 25. The minimum absolute atomic E-state index is 0.636. The molecule has 1 N–H and O–H groups in total. The van der Waals surface area contributed by atoms with Crippen molar-refractivity contribution in [1.82, 2.24) is 5.32 Å². The van der Waals surface area contributed by atoms with Crippen LogP contribution in [0.4, 0.5) is 4.39 Å². The van der Waals surface area contributed by atoms with E-state index >= 15 is 4.39 Å². The third-order valence-corrected chi connectivity index (χ3v) is 7.12. The lowest BCUT2D eigenvalue weighted by Gasteiger charge is -2.21. The molecule has 0 aromatic carbocycles. The summed E-state index contributed by atoms with van der Waals surface area (Å²) >= 11 is 0. The van der Waals surface area contributed by atoms with Crippen LogP contribution in [0.25, 0.3) is 0 Å². The lowest BCUT2D eigenvalue weighted by Crippen LogP contribution is -2.30. The van der Waals surface area contributed by atoms with Crippen molar-refractivity contribution in [2.24, 2.45) is 0 Å². The molecule has 0 saturated carbocycles. The number of alkyl halides is 1. The Morgan fingerprint density at radius 2 is 1.09 bits per heavy atom. The van der Waals surface area contributed by atoms with Gasteiger partial charge in [-0.05, 0) is 63.5 Å². The molecule has 0 spiro atoms. The zero-order valence-electron chi connectivity index (χ0n) is 23.6. The molecule has 0 radical (unpaired) electrons. The van der Waals surface area contributed by atoms with Crippen LogP contribution in [-0.4, -0.2) is 18.8 Å². The molecule has 1 nitrogen and oxygen atoms in total. The van der Waals surface area contributed by atoms with Gasteiger partial charge in [0, 0.05) is 6.04 Å². The van der Waals surface area contributed by atoms with Crippen LogP contribution in [-0.2, 0) is 0 Å². The molecule has 0 aliphatic heterocycles. The molecule has 0 aromatic heterocycles. The van der Waals surface area contributed by atoms with Crippen LogP contribution in [0, 0.1) is 0 Å². The molecule has 198 valence electrons. The molecule has 0 saturated heterocycles. The fourth-order valence-electron chi connectivity index (χ4n) is 5.05. The minimum Gasteiger partial charge on any atom is -0.314 e. The number of hydrogen-bond donors (Lipinski definition) is 1. The topological polar surface area (TPSA) is 12.0 Å². The van der Waals surface area contributed by atoms with E-state index in [1.165, 1.54) is 101 Å². The molecular formula is C31H62FN. The first kappa shape index (κ1) is 32.6. The molecular weight excluding hydrogens is 405 g/mol. The van der Waals surface area contributed by atoms with Crippen LogP contribution < -0.4 is 5.32 Å². The highest BCUT2D eigenvalue weighted by atomic mass is 19.1. The molecule has 2 unspecified atom stereocenters. The number of hydrogen-bond acceptors (Lipinski definition) is 1. The van der Waals surface area contributed by atoms with Crippen LogP contribution in [0.3, 0.4) is 0 Å². The largest absolute Gasteiger partial charge is 0.314 e. The highest BCUT2D eigenvalue weighted by Gasteiger charge is 2.17. The monoisotopic (exact) mass is 467 g/mol. The summed E-state index contributed by atoms with van der Waals surface area (Å²) in [6.07, 6.45) is 24.6. The van der Waals surface area contributed by atoms with E-state index in [2.05, 4.69) is 39.9 Å². The van der Waals surface area contributed by atoms with Crippen molar-refractivity contribution in [2.75, 3.05) is 6.54 Å². The number of allylic oxidation sites excluding steroid dienone is 2. The Kier molecular flexibility index (Phi) is 24.5. The standard InChI is InChI=1S/C31H62FN/c1-6-11-14-16-17-24-29(33-27-20-15-12-7-2)25-18-19-26-31(32)30(22-10-5)28(21-9-4)23-13-8-3/h29,31,33H,6-27H2,1-5H3/b30-28-. The maximum absolute atomic E-state index is 15.3. The van der Waals surface area contributed by atoms with E-state index in [1.54, 1.807) is 0 Å². The van der Waals surface area contributed by atoms with Gasteiger partial charge in [0.15, 0.2) is 0 Å². The second-order valence-corrected chi connectivity index (χ2v) is 10.4. The first-order valence-corrected chi connectivity index (χ1v) is 15.2. The number of halogens is 1. The number of unbranched alkanes of at least 4 members (excludes halogenated alkanes) is 9. The third kappa shape index (κ3) is 18.6. The van der Waals surface area contributed by atoms with Gasteiger partial charge in [-0.1, -0.05) is 124 Å². The van der Waals surface area contributed by atoms with Gasteiger partial charge in [-0.3, -0.25) is 0 Å². The van der Waals surface area contributed by atoms with E-state index in [0.29, 0.717) is 6.04 Å². The summed E-state index contributed by atoms with van der Waals surface area (Å²) in [5.74, 6) is 0. The maximum Gasteiger partial charge on any atom is 0.121 e. The molecule has 0 aliphatic rings. The molecule has 0 aliphatic carbocycles. The fraction of sp³-hybridized carbons (Fsp3) is 0.935. The smallest absolute Gasteiger partial charge is 0.121 e. The average molecular weight is 468 g/mol. The maximum atomic E-state index is 15.3. The Labute approximate surface area is 209 Å². The minimum atomic E-state index is -0.710. The molecule has 0 rings (SSSR count). The zero-order chi connectivity index (χ0) is 24.6.